The van der Waals surface area contributed by atoms with Crippen LogP contribution < -0.4 is 21.1 Å². The highest BCUT2D eigenvalue weighted by molar-refractivity contribution is 6.22. The van der Waals surface area contributed by atoms with Crippen LogP contribution in [-0.4, -0.2) is 56.2 Å². The third kappa shape index (κ3) is 3.21. The van der Waals surface area contributed by atoms with Gasteiger partial charge in [-0.1, -0.05) is 6.07 Å². The molecule has 0 aliphatic heterocycles. The van der Waals surface area contributed by atoms with Crippen molar-refractivity contribution in [3.63, 3.8) is 0 Å². The fourth-order valence-electron chi connectivity index (χ4n) is 3.87. The molecule has 0 aliphatic rings. The number of ether oxygens (including phenoxy) is 1. The Bertz CT molecular complexity index is 1270. The van der Waals surface area contributed by atoms with Crippen LogP contribution in [0.2, 0.25) is 0 Å². The van der Waals surface area contributed by atoms with Gasteiger partial charge in [0.1, 0.15) is 11.6 Å². The van der Waals surface area contributed by atoms with Crippen molar-refractivity contribution in [2.75, 3.05) is 57.7 Å². The summed E-state index contributed by atoms with van der Waals surface area (Å²) in [6.07, 6.45) is 1.81. The number of fused-ring (bicyclic) bond motifs is 5. The summed E-state index contributed by atoms with van der Waals surface area (Å²) in [4.78, 5) is 13.7. The number of hydrogen-bond acceptors (Lipinski definition) is 7. The van der Waals surface area contributed by atoms with Gasteiger partial charge >= 0.3 is 0 Å². The summed E-state index contributed by atoms with van der Waals surface area (Å²) in [5.74, 6) is 1.25. The van der Waals surface area contributed by atoms with Gasteiger partial charge in [-0.2, -0.15) is 0 Å². The first-order valence-electron chi connectivity index (χ1n) is 9.92. The van der Waals surface area contributed by atoms with E-state index in [0.29, 0.717) is 11.5 Å². The molecular formula is C23H28N6O. The van der Waals surface area contributed by atoms with Gasteiger partial charge in [-0.25, -0.2) is 4.98 Å². The van der Waals surface area contributed by atoms with Gasteiger partial charge < -0.3 is 26.0 Å². The third-order valence-corrected chi connectivity index (χ3v) is 5.71. The zero-order valence-corrected chi connectivity index (χ0v) is 18.2. The second-order valence-electron chi connectivity index (χ2n) is 7.99. The number of likely N-dealkylation sites (N-methyl/N-ethyl adjacent to an activating group) is 2. The largest absolute Gasteiger partial charge is 0.495 e. The number of anilines is 3. The maximum Gasteiger partial charge on any atom is 0.142 e. The van der Waals surface area contributed by atoms with Crippen LogP contribution in [0.15, 0.2) is 30.5 Å². The molecule has 4 N–H and O–H groups in total. The molecule has 0 radical (unpaired) electrons. The zero-order valence-electron chi connectivity index (χ0n) is 18.2. The van der Waals surface area contributed by atoms with Crippen molar-refractivity contribution in [1.29, 1.82) is 0 Å². The van der Waals surface area contributed by atoms with Crippen LogP contribution in [0.3, 0.4) is 0 Å². The van der Waals surface area contributed by atoms with E-state index in [2.05, 4.69) is 48.1 Å². The second kappa shape index (κ2) is 7.50. The first-order valence-corrected chi connectivity index (χ1v) is 9.92. The SMILES string of the molecule is COc1cc2c(cc1N(C)CCN(C)C)ncc1c(N)nc3c(C)c(N)ccc3c12. The number of benzene rings is 2. The Morgan fingerprint density at radius 3 is 2.47 bits per heavy atom. The lowest BCUT2D eigenvalue weighted by atomic mass is 9.99. The molecule has 7 nitrogen and oxygen atoms in total. The number of methoxy groups -OCH3 is 1. The van der Waals surface area contributed by atoms with E-state index in [9.17, 15) is 0 Å². The normalized spacial score (nSPS) is 11.7. The van der Waals surface area contributed by atoms with Crippen LogP contribution in [0.25, 0.3) is 32.6 Å². The molecule has 2 aromatic heterocycles. The number of hydrogen-bond donors (Lipinski definition) is 2. The molecule has 0 aliphatic carbocycles. The highest BCUT2D eigenvalue weighted by Crippen LogP contribution is 2.39. The minimum atomic E-state index is 0.451. The van der Waals surface area contributed by atoms with Gasteiger partial charge in [0.05, 0.1) is 23.8 Å². The zero-order chi connectivity index (χ0) is 21.6. The number of aromatic nitrogens is 2. The monoisotopic (exact) mass is 404 g/mol. The number of nitrogen functional groups attached to an aromatic ring is 2. The van der Waals surface area contributed by atoms with Crippen molar-refractivity contribution in [3.8, 4) is 5.75 Å². The first kappa shape index (κ1) is 20.0. The van der Waals surface area contributed by atoms with Crippen molar-refractivity contribution in [2.45, 2.75) is 6.92 Å². The van der Waals surface area contributed by atoms with Crippen LogP contribution >= 0.6 is 0 Å². The fraction of sp³-hybridized carbons (Fsp3) is 0.304. The summed E-state index contributed by atoms with van der Waals surface area (Å²) < 4.78 is 5.77. The van der Waals surface area contributed by atoms with E-state index < -0.39 is 0 Å². The molecule has 0 bridgehead atoms. The molecule has 0 spiro atoms. The predicted molar refractivity (Wildman–Crippen MR) is 126 cm³/mol. The van der Waals surface area contributed by atoms with E-state index in [4.69, 9.17) is 21.2 Å². The molecule has 2 heterocycles. The molecule has 4 aromatic rings. The molecule has 4 rings (SSSR count). The van der Waals surface area contributed by atoms with Gasteiger partial charge in [-0.15, -0.1) is 0 Å². The number of rotatable bonds is 5. The molecule has 7 heteroatoms. The molecular weight excluding hydrogens is 376 g/mol. The molecule has 0 unspecified atom stereocenters. The number of pyridine rings is 2. The molecule has 0 atom stereocenters. The Balaban J connectivity index is 2.03. The van der Waals surface area contributed by atoms with Gasteiger partial charge in [0.25, 0.3) is 0 Å². The van der Waals surface area contributed by atoms with Crippen molar-refractivity contribution < 1.29 is 4.74 Å². The summed E-state index contributed by atoms with van der Waals surface area (Å²) in [5.41, 5.74) is 16.8. The highest BCUT2D eigenvalue weighted by Gasteiger charge is 2.17. The van der Waals surface area contributed by atoms with E-state index in [1.54, 1.807) is 13.3 Å². The van der Waals surface area contributed by atoms with Gasteiger partial charge in [0.2, 0.25) is 0 Å². The Morgan fingerprint density at radius 2 is 1.77 bits per heavy atom. The number of nitrogens with zero attached hydrogens (tertiary/aromatic N) is 4. The van der Waals surface area contributed by atoms with E-state index in [1.165, 1.54) is 0 Å². The van der Waals surface area contributed by atoms with Gasteiger partial charge in [0, 0.05) is 53.6 Å². The predicted octanol–water partition coefficient (Wildman–Crippen LogP) is 3.42. The molecule has 0 saturated heterocycles. The molecule has 156 valence electrons. The fourth-order valence-corrected chi connectivity index (χ4v) is 3.87. The number of nitrogens with two attached hydrogens (primary N) is 2. The average molecular weight is 405 g/mol. The summed E-state index contributed by atoms with van der Waals surface area (Å²) >= 11 is 0. The van der Waals surface area contributed by atoms with Crippen LogP contribution in [-0.2, 0) is 0 Å². The number of aryl methyl sites for hydroxylation is 1. The topological polar surface area (TPSA) is 93.5 Å². The molecule has 0 saturated carbocycles. The summed E-state index contributed by atoms with van der Waals surface area (Å²) in [6.45, 7) is 3.79. The van der Waals surface area contributed by atoms with E-state index in [1.807, 2.05) is 19.1 Å². The van der Waals surface area contributed by atoms with Gasteiger partial charge in [0.15, 0.2) is 0 Å². The first-order chi connectivity index (χ1) is 14.3. The minimum Gasteiger partial charge on any atom is -0.495 e. The van der Waals surface area contributed by atoms with E-state index in [-0.39, 0.29) is 0 Å². The highest BCUT2D eigenvalue weighted by atomic mass is 16.5. The van der Waals surface area contributed by atoms with Crippen LogP contribution in [0, 0.1) is 6.92 Å². The molecule has 0 fully saturated rings. The maximum absolute atomic E-state index is 6.31. The average Bonchev–Trinajstić information content (AvgIpc) is 2.73. The Morgan fingerprint density at radius 1 is 1.00 bits per heavy atom. The standard InChI is InChI=1S/C23H28N6O/c1-13-17(24)7-6-14-21-15-10-20(30-5)19(29(4)9-8-28(2)3)11-18(15)26-12-16(21)23(25)27-22(13)14/h6-7,10-12H,8-9,24H2,1-5H3,(H2,25,27). The Hall–Kier alpha value is -3.32. The molecule has 2 aromatic carbocycles. The summed E-state index contributed by atoms with van der Waals surface area (Å²) in [6, 6.07) is 8.06. The third-order valence-electron chi connectivity index (χ3n) is 5.71. The minimum absolute atomic E-state index is 0.451. The van der Waals surface area contributed by atoms with Crippen LogP contribution in [0.1, 0.15) is 5.56 Å². The summed E-state index contributed by atoms with van der Waals surface area (Å²) in [7, 11) is 7.90. The molecule has 0 amide bonds. The van der Waals surface area contributed by atoms with Crippen molar-refractivity contribution >= 4 is 49.8 Å². The maximum atomic E-state index is 6.31. The van der Waals surface area contributed by atoms with Crippen molar-refractivity contribution in [3.05, 3.63) is 36.0 Å². The van der Waals surface area contributed by atoms with Crippen molar-refractivity contribution in [2.24, 2.45) is 0 Å². The van der Waals surface area contributed by atoms with Crippen LogP contribution in [0.4, 0.5) is 17.2 Å². The smallest absolute Gasteiger partial charge is 0.142 e. The van der Waals surface area contributed by atoms with Crippen LogP contribution in [0.5, 0.6) is 5.75 Å². The summed E-state index contributed by atoms with van der Waals surface area (Å²) in [5, 5.41) is 3.84. The molecule has 30 heavy (non-hydrogen) atoms. The van der Waals surface area contributed by atoms with Crippen molar-refractivity contribution in [1.82, 2.24) is 14.9 Å². The van der Waals surface area contributed by atoms with E-state index >= 15 is 0 Å². The second-order valence-corrected chi connectivity index (χ2v) is 7.99. The van der Waals surface area contributed by atoms with E-state index in [0.717, 1.165) is 62.7 Å². The lowest BCUT2D eigenvalue weighted by molar-refractivity contribution is 0.406. The Kier molecular flexibility index (Phi) is 4.99. The lowest BCUT2D eigenvalue weighted by Gasteiger charge is -2.24. The quantitative estimate of drug-likeness (QED) is 0.389. The van der Waals surface area contributed by atoms with Gasteiger partial charge in [-0.05, 0) is 44.8 Å². The van der Waals surface area contributed by atoms with Gasteiger partial charge in [-0.3, -0.25) is 4.98 Å². The Labute approximate surface area is 176 Å². The lowest BCUT2D eigenvalue weighted by Crippen LogP contribution is -2.28.